The van der Waals surface area contributed by atoms with Crippen LogP contribution in [-0.2, 0) is 0 Å². The number of H-pyrrole nitrogens is 1. The van der Waals surface area contributed by atoms with Gasteiger partial charge in [0, 0.05) is 5.69 Å². The Morgan fingerprint density at radius 2 is 2.05 bits per heavy atom. The van der Waals surface area contributed by atoms with Gasteiger partial charge < -0.3 is 5.32 Å². The summed E-state index contributed by atoms with van der Waals surface area (Å²) in [7, 11) is 0. The number of amides is 1. The van der Waals surface area contributed by atoms with Crippen LogP contribution in [0, 0.1) is 6.92 Å². The van der Waals surface area contributed by atoms with E-state index in [4.69, 9.17) is 11.6 Å². The Labute approximate surface area is 120 Å². The fourth-order valence-electron chi connectivity index (χ4n) is 1.92. The molecule has 0 saturated heterocycles. The number of carbonyl (C=O) groups is 1. The van der Waals surface area contributed by atoms with Crippen molar-refractivity contribution in [1.29, 1.82) is 0 Å². The molecule has 2 N–H and O–H groups in total. The minimum atomic E-state index is -0.301. The van der Waals surface area contributed by atoms with E-state index in [9.17, 15) is 4.79 Å². The third-order valence-corrected chi connectivity index (χ3v) is 3.24. The zero-order valence-corrected chi connectivity index (χ0v) is 11.4. The molecule has 0 aliphatic rings. The van der Waals surface area contributed by atoms with Crippen molar-refractivity contribution < 1.29 is 4.79 Å². The maximum absolute atomic E-state index is 12.2. The maximum Gasteiger partial charge on any atom is 0.258 e. The van der Waals surface area contributed by atoms with Crippen LogP contribution in [0.1, 0.15) is 16.1 Å². The number of aromatic amines is 1. The van der Waals surface area contributed by atoms with E-state index in [1.54, 1.807) is 24.3 Å². The van der Waals surface area contributed by atoms with Crippen LogP contribution < -0.4 is 5.32 Å². The second kappa shape index (κ2) is 4.94. The smallest absolute Gasteiger partial charge is 0.258 e. The van der Waals surface area contributed by atoms with Gasteiger partial charge >= 0.3 is 0 Å². The van der Waals surface area contributed by atoms with Gasteiger partial charge in [0.25, 0.3) is 5.91 Å². The van der Waals surface area contributed by atoms with E-state index in [0.717, 1.165) is 11.1 Å². The number of fused-ring (bicyclic) bond motifs is 1. The predicted molar refractivity (Wildman–Crippen MR) is 78.0 cm³/mol. The molecule has 0 saturated carbocycles. The highest BCUT2D eigenvalue weighted by molar-refractivity contribution is 6.34. The molecule has 5 nitrogen and oxygen atoms in total. The fourth-order valence-corrected chi connectivity index (χ4v) is 2.14. The third-order valence-electron chi connectivity index (χ3n) is 2.91. The monoisotopic (exact) mass is 286 g/mol. The first-order valence-electron chi connectivity index (χ1n) is 6.03. The zero-order valence-electron chi connectivity index (χ0n) is 10.6. The van der Waals surface area contributed by atoms with Gasteiger partial charge in [0.1, 0.15) is 0 Å². The summed E-state index contributed by atoms with van der Waals surface area (Å²) in [6, 6.07) is 10.6. The van der Waals surface area contributed by atoms with Crippen LogP contribution in [0.15, 0.2) is 36.4 Å². The summed E-state index contributed by atoms with van der Waals surface area (Å²) in [5.41, 5.74) is 1.93. The second-order valence-electron chi connectivity index (χ2n) is 4.35. The molecule has 1 amide bonds. The lowest BCUT2D eigenvalue weighted by molar-refractivity contribution is 0.102. The lowest BCUT2D eigenvalue weighted by Gasteiger charge is -2.04. The highest BCUT2D eigenvalue weighted by Crippen LogP contribution is 2.21. The van der Waals surface area contributed by atoms with Gasteiger partial charge in [0.15, 0.2) is 11.5 Å². The van der Waals surface area contributed by atoms with Gasteiger partial charge in [-0.3, -0.25) is 9.89 Å². The van der Waals surface area contributed by atoms with E-state index in [-0.39, 0.29) is 5.91 Å². The Morgan fingerprint density at radius 3 is 2.85 bits per heavy atom. The van der Waals surface area contributed by atoms with Crippen molar-refractivity contribution >= 4 is 34.4 Å². The minimum Gasteiger partial charge on any atom is -0.304 e. The van der Waals surface area contributed by atoms with E-state index in [1.807, 2.05) is 19.1 Å². The van der Waals surface area contributed by atoms with Crippen LogP contribution in [0.2, 0.25) is 5.02 Å². The van der Waals surface area contributed by atoms with Crippen molar-refractivity contribution in [2.24, 2.45) is 0 Å². The molecule has 1 aromatic carbocycles. The Balaban J connectivity index is 1.94. The number of nitrogens with one attached hydrogen (secondary N) is 2. The molecule has 0 fully saturated rings. The van der Waals surface area contributed by atoms with Crippen molar-refractivity contribution in [2.75, 3.05) is 5.32 Å². The lowest BCUT2D eigenvalue weighted by atomic mass is 10.2. The Kier molecular flexibility index (Phi) is 3.12. The molecule has 20 heavy (non-hydrogen) atoms. The lowest BCUT2D eigenvalue weighted by Crippen LogP contribution is -2.12. The molecule has 6 heteroatoms. The second-order valence-corrected chi connectivity index (χ2v) is 4.76. The number of hydrogen-bond donors (Lipinski definition) is 2. The van der Waals surface area contributed by atoms with E-state index in [2.05, 4.69) is 20.5 Å². The van der Waals surface area contributed by atoms with Crippen LogP contribution in [0.25, 0.3) is 11.0 Å². The van der Waals surface area contributed by atoms with Gasteiger partial charge in [0.05, 0.1) is 16.0 Å². The van der Waals surface area contributed by atoms with Crippen molar-refractivity contribution in [3.05, 3.63) is 52.7 Å². The fraction of sp³-hybridized carbons (Fsp3) is 0.0714. The van der Waals surface area contributed by atoms with Gasteiger partial charge in [0.2, 0.25) is 0 Å². The first-order valence-corrected chi connectivity index (χ1v) is 6.40. The molecule has 0 spiro atoms. The summed E-state index contributed by atoms with van der Waals surface area (Å²) in [5, 5.41) is 10.8. The zero-order chi connectivity index (χ0) is 14.1. The maximum atomic E-state index is 12.2. The number of rotatable bonds is 2. The van der Waals surface area contributed by atoms with Gasteiger partial charge in [-0.2, -0.15) is 5.10 Å². The van der Waals surface area contributed by atoms with Crippen molar-refractivity contribution in [3.8, 4) is 0 Å². The quantitative estimate of drug-likeness (QED) is 0.760. The normalized spacial score (nSPS) is 10.7. The topological polar surface area (TPSA) is 70.7 Å². The Hall–Kier alpha value is -2.40. The van der Waals surface area contributed by atoms with E-state index in [0.29, 0.717) is 22.1 Å². The number of anilines is 1. The van der Waals surface area contributed by atoms with E-state index in [1.165, 1.54) is 0 Å². The average molecular weight is 287 g/mol. The first kappa shape index (κ1) is 12.6. The number of carbonyl (C=O) groups excluding carboxylic acids is 1. The largest absolute Gasteiger partial charge is 0.304 e. The van der Waals surface area contributed by atoms with Gasteiger partial charge in [-0.05, 0) is 31.2 Å². The molecule has 2 aromatic heterocycles. The summed E-state index contributed by atoms with van der Waals surface area (Å²) in [4.78, 5) is 16.5. The van der Waals surface area contributed by atoms with E-state index < -0.39 is 0 Å². The minimum absolute atomic E-state index is 0.301. The molecule has 0 atom stereocenters. The number of aryl methyl sites for hydroxylation is 1. The number of pyridine rings is 1. The van der Waals surface area contributed by atoms with E-state index >= 15 is 0 Å². The molecular weight excluding hydrogens is 276 g/mol. The highest BCUT2D eigenvalue weighted by atomic mass is 35.5. The van der Waals surface area contributed by atoms with Gasteiger partial charge in [-0.1, -0.05) is 23.7 Å². The molecule has 3 rings (SSSR count). The van der Waals surface area contributed by atoms with Gasteiger partial charge in [-0.25, -0.2) is 4.98 Å². The number of halogens is 1. The molecule has 0 aliphatic carbocycles. The van der Waals surface area contributed by atoms with Crippen LogP contribution >= 0.6 is 11.6 Å². The molecule has 0 unspecified atom stereocenters. The Bertz CT molecular complexity index is 797. The van der Waals surface area contributed by atoms with Crippen molar-refractivity contribution in [2.45, 2.75) is 6.92 Å². The number of nitrogens with zero attached hydrogens (tertiary/aromatic N) is 2. The average Bonchev–Trinajstić information content (AvgIpc) is 2.81. The number of aromatic nitrogens is 3. The summed E-state index contributed by atoms with van der Waals surface area (Å²) >= 11 is 6.00. The SMILES string of the molecule is Cc1ccc2c(NC(=O)c3ccccc3Cl)n[nH]c2n1. The highest BCUT2D eigenvalue weighted by Gasteiger charge is 2.13. The molecule has 2 heterocycles. The van der Waals surface area contributed by atoms with Crippen LogP contribution in [0.5, 0.6) is 0 Å². The standard InChI is InChI=1S/C14H11ClN4O/c1-8-6-7-10-12(16-8)18-19-13(10)17-14(20)9-4-2-3-5-11(9)15/h2-7H,1H3,(H2,16,17,18,19,20). The number of hydrogen-bond acceptors (Lipinski definition) is 3. The number of benzene rings is 1. The molecule has 3 aromatic rings. The van der Waals surface area contributed by atoms with Gasteiger partial charge in [-0.15, -0.1) is 0 Å². The molecule has 0 aliphatic heterocycles. The summed E-state index contributed by atoms with van der Waals surface area (Å²) in [5.74, 6) is 0.141. The molecule has 0 radical (unpaired) electrons. The van der Waals surface area contributed by atoms with Crippen molar-refractivity contribution in [3.63, 3.8) is 0 Å². The summed E-state index contributed by atoms with van der Waals surface area (Å²) in [6.07, 6.45) is 0. The van der Waals surface area contributed by atoms with Crippen molar-refractivity contribution in [1.82, 2.24) is 15.2 Å². The summed E-state index contributed by atoms with van der Waals surface area (Å²) < 4.78 is 0. The van der Waals surface area contributed by atoms with Crippen LogP contribution in [0.3, 0.4) is 0 Å². The molecular formula is C14H11ClN4O. The first-order chi connectivity index (χ1) is 9.65. The summed E-state index contributed by atoms with van der Waals surface area (Å²) in [6.45, 7) is 1.89. The third kappa shape index (κ3) is 2.23. The van der Waals surface area contributed by atoms with Crippen LogP contribution in [-0.4, -0.2) is 21.1 Å². The van der Waals surface area contributed by atoms with Crippen LogP contribution in [0.4, 0.5) is 5.82 Å². The molecule has 100 valence electrons. The predicted octanol–water partition coefficient (Wildman–Crippen LogP) is 3.17. The Morgan fingerprint density at radius 1 is 1.25 bits per heavy atom. The molecule has 0 bridgehead atoms.